The summed E-state index contributed by atoms with van der Waals surface area (Å²) in [6, 6.07) is 0. The van der Waals surface area contributed by atoms with Gasteiger partial charge in [0.25, 0.3) is 0 Å². The first-order valence-electron chi connectivity index (χ1n) is 2.73. The summed E-state index contributed by atoms with van der Waals surface area (Å²) in [5.74, 6) is 0. The first-order valence-corrected chi connectivity index (χ1v) is 3.54. The highest BCUT2D eigenvalue weighted by molar-refractivity contribution is 7.97. The van der Waals surface area contributed by atoms with Gasteiger partial charge in [-0.15, -0.1) is 0 Å². The summed E-state index contributed by atoms with van der Waals surface area (Å²) in [6.07, 6.45) is 4.96. The minimum atomic E-state index is 0.825. The summed E-state index contributed by atoms with van der Waals surface area (Å²) in [7, 11) is 0. The first kappa shape index (κ1) is 5.67. The van der Waals surface area contributed by atoms with Gasteiger partial charge in [0.15, 0.2) is 0 Å². The van der Waals surface area contributed by atoms with Crippen molar-refractivity contribution in [3.63, 3.8) is 0 Å². The Morgan fingerprint density at radius 1 is 1.30 bits per heavy atom. The van der Waals surface area contributed by atoms with Crippen LogP contribution in [-0.4, -0.2) is 16.2 Å². The van der Waals surface area contributed by atoms with Gasteiger partial charge in [0, 0.05) is 24.3 Å². The molecule has 1 N–H and O–H groups in total. The average molecular weight is 152 g/mol. The SMILES string of the molecule is C1=NNSc2nccnc21. The molecule has 1 aromatic heterocycles. The van der Waals surface area contributed by atoms with Gasteiger partial charge in [-0.3, -0.25) is 4.98 Å². The van der Waals surface area contributed by atoms with E-state index in [1.807, 2.05) is 0 Å². The monoisotopic (exact) mass is 152 g/mol. The Labute approximate surface area is 61.9 Å². The van der Waals surface area contributed by atoms with E-state index in [-0.39, 0.29) is 0 Å². The summed E-state index contributed by atoms with van der Waals surface area (Å²) in [4.78, 5) is 10.8. The minimum Gasteiger partial charge on any atom is -0.251 e. The fraction of sp³-hybridized carbons (Fsp3) is 0. The Bertz CT molecular complexity index is 272. The lowest BCUT2D eigenvalue weighted by Gasteiger charge is -2.05. The highest BCUT2D eigenvalue weighted by atomic mass is 32.2. The van der Waals surface area contributed by atoms with Crippen LogP contribution in [0.25, 0.3) is 0 Å². The van der Waals surface area contributed by atoms with Crippen LogP contribution in [-0.2, 0) is 0 Å². The van der Waals surface area contributed by atoms with Crippen molar-refractivity contribution in [2.24, 2.45) is 5.10 Å². The Morgan fingerprint density at radius 3 is 3.10 bits per heavy atom. The van der Waals surface area contributed by atoms with Crippen LogP contribution < -0.4 is 4.83 Å². The van der Waals surface area contributed by atoms with Gasteiger partial charge in [-0.1, -0.05) is 0 Å². The van der Waals surface area contributed by atoms with Gasteiger partial charge < -0.3 is 0 Å². The third kappa shape index (κ3) is 0.841. The summed E-state index contributed by atoms with van der Waals surface area (Å²) in [5.41, 5.74) is 0.825. The number of hydrogen-bond acceptors (Lipinski definition) is 5. The van der Waals surface area contributed by atoms with Crippen molar-refractivity contribution in [1.82, 2.24) is 14.8 Å². The molecule has 2 heterocycles. The molecule has 0 spiro atoms. The normalized spacial score (nSPS) is 14.0. The van der Waals surface area contributed by atoms with Crippen LogP contribution >= 0.6 is 11.9 Å². The fourth-order valence-electron chi connectivity index (χ4n) is 0.660. The molecule has 2 rings (SSSR count). The Kier molecular flexibility index (Phi) is 1.28. The second kappa shape index (κ2) is 2.26. The maximum absolute atomic E-state index is 4.07. The zero-order valence-electron chi connectivity index (χ0n) is 4.98. The molecule has 10 heavy (non-hydrogen) atoms. The van der Waals surface area contributed by atoms with E-state index in [1.165, 1.54) is 11.9 Å². The van der Waals surface area contributed by atoms with E-state index >= 15 is 0 Å². The van der Waals surface area contributed by atoms with Crippen LogP contribution in [0.2, 0.25) is 0 Å². The topological polar surface area (TPSA) is 50.2 Å². The Balaban J connectivity index is 2.54. The van der Waals surface area contributed by atoms with Gasteiger partial charge in [-0.2, -0.15) is 5.10 Å². The second-order valence-electron chi connectivity index (χ2n) is 1.70. The lowest BCUT2D eigenvalue weighted by molar-refractivity contribution is 0.991. The average Bonchev–Trinajstić information content (AvgIpc) is 2.05. The van der Waals surface area contributed by atoms with Crippen LogP contribution in [0.5, 0.6) is 0 Å². The van der Waals surface area contributed by atoms with E-state index < -0.39 is 0 Å². The van der Waals surface area contributed by atoms with Crippen LogP contribution in [0, 0.1) is 0 Å². The first-order chi connectivity index (χ1) is 4.97. The van der Waals surface area contributed by atoms with Crippen molar-refractivity contribution < 1.29 is 0 Å². The lowest BCUT2D eigenvalue weighted by atomic mass is 10.5. The van der Waals surface area contributed by atoms with Gasteiger partial charge in [0.1, 0.15) is 10.7 Å². The van der Waals surface area contributed by atoms with Crippen LogP contribution in [0.15, 0.2) is 22.5 Å². The van der Waals surface area contributed by atoms with Crippen molar-refractivity contribution in [2.45, 2.75) is 5.03 Å². The smallest absolute Gasteiger partial charge is 0.145 e. The van der Waals surface area contributed by atoms with Gasteiger partial charge in [0.2, 0.25) is 0 Å². The molecule has 0 fully saturated rings. The molecule has 1 aliphatic heterocycles. The van der Waals surface area contributed by atoms with E-state index in [1.54, 1.807) is 18.6 Å². The molecular weight excluding hydrogens is 148 g/mol. The largest absolute Gasteiger partial charge is 0.251 e. The molecular formula is C5H4N4S. The predicted molar refractivity (Wildman–Crippen MR) is 38.6 cm³/mol. The molecule has 1 aromatic rings. The van der Waals surface area contributed by atoms with Crippen molar-refractivity contribution in [1.29, 1.82) is 0 Å². The predicted octanol–water partition coefficient (Wildman–Crippen LogP) is 0.421. The number of rotatable bonds is 0. The van der Waals surface area contributed by atoms with E-state index in [0.29, 0.717) is 0 Å². The molecule has 0 bridgehead atoms. The second-order valence-corrected chi connectivity index (χ2v) is 2.47. The summed E-state index contributed by atoms with van der Waals surface area (Å²) in [5, 5.41) is 4.68. The molecule has 0 aliphatic carbocycles. The van der Waals surface area contributed by atoms with E-state index in [0.717, 1.165) is 10.7 Å². The number of hydrogen-bond donors (Lipinski definition) is 1. The number of hydrazone groups is 1. The molecule has 0 aromatic carbocycles. The summed E-state index contributed by atoms with van der Waals surface area (Å²) < 4.78 is 0. The van der Waals surface area contributed by atoms with Gasteiger partial charge >= 0.3 is 0 Å². The number of aromatic nitrogens is 2. The van der Waals surface area contributed by atoms with Gasteiger partial charge in [0.05, 0.1) is 6.21 Å². The lowest BCUT2D eigenvalue weighted by Crippen LogP contribution is -2.05. The molecule has 5 heteroatoms. The quantitative estimate of drug-likeness (QED) is 0.547. The molecule has 4 nitrogen and oxygen atoms in total. The highest BCUT2D eigenvalue weighted by Crippen LogP contribution is 2.15. The van der Waals surface area contributed by atoms with E-state index in [2.05, 4.69) is 19.9 Å². The third-order valence-corrected chi connectivity index (χ3v) is 1.78. The Hall–Kier alpha value is -1.10. The number of fused-ring (bicyclic) bond motifs is 1. The maximum Gasteiger partial charge on any atom is 0.145 e. The van der Waals surface area contributed by atoms with Crippen LogP contribution in [0.1, 0.15) is 5.69 Å². The summed E-state index contributed by atoms with van der Waals surface area (Å²) in [6.45, 7) is 0. The zero-order valence-corrected chi connectivity index (χ0v) is 5.80. The molecule has 0 unspecified atom stereocenters. The number of nitrogens with zero attached hydrogens (tertiary/aromatic N) is 3. The minimum absolute atomic E-state index is 0.825. The molecule has 1 aliphatic rings. The fourth-order valence-corrected chi connectivity index (χ4v) is 1.18. The van der Waals surface area contributed by atoms with Crippen LogP contribution in [0.3, 0.4) is 0 Å². The molecule has 0 saturated heterocycles. The zero-order chi connectivity index (χ0) is 6.81. The number of nitrogens with one attached hydrogen (secondary N) is 1. The molecule has 0 radical (unpaired) electrons. The standard InChI is InChI=1S/C5H4N4S/c1-2-7-5-4(6-1)3-8-9-10-5/h1-3,9H. The van der Waals surface area contributed by atoms with Crippen molar-refractivity contribution >= 4 is 18.2 Å². The van der Waals surface area contributed by atoms with Crippen LogP contribution in [0.4, 0.5) is 0 Å². The third-order valence-electron chi connectivity index (χ3n) is 1.07. The molecule has 50 valence electrons. The maximum atomic E-state index is 4.07. The Morgan fingerprint density at radius 2 is 2.20 bits per heavy atom. The van der Waals surface area contributed by atoms with Crippen molar-refractivity contribution in [2.75, 3.05) is 0 Å². The van der Waals surface area contributed by atoms with E-state index in [9.17, 15) is 0 Å². The molecule has 0 saturated carbocycles. The van der Waals surface area contributed by atoms with Crippen molar-refractivity contribution in [3.05, 3.63) is 18.1 Å². The molecule has 0 atom stereocenters. The van der Waals surface area contributed by atoms with Gasteiger partial charge in [-0.05, 0) is 0 Å². The highest BCUT2D eigenvalue weighted by Gasteiger charge is 2.05. The van der Waals surface area contributed by atoms with Gasteiger partial charge in [-0.25, -0.2) is 9.82 Å². The van der Waals surface area contributed by atoms with E-state index in [4.69, 9.17) is 0 Å². The summed E-state index contributed by atoms with van der Waals surface area (Å²) >= 11 is 1.37. The van der Waals surface area contributed by atoms with Crippen molar-refractivity contribution in [3.8, 4) is 0 Å². The molecule has 0 amide bonds.